The van der Waals surface area contributed by atoms with Crippen molar-refractivity contribution in [1.82, 2.24) is 14.9 Å². The molecule has 1 aromatic carbocycles. The summed E-state index contributed by atoms with van der Waals surface area (Å²) < 4.78 is 31.8. The quantitative estimate of drug-likeness (QED) is 0.283. The van der Waals surface area contributed by atoms with Crippen molar-refractivity contribution in [3.05, 3.63) is 45.2 Å². The summed E-state index contributed by atoms with van der Waals surface area (Å²) in [6, 6.07) is 4.14. The molecule has 1 aliphatic carbocycles. The van der Waals surface area contributed by atoms with Crippen molar-refractivity contribution in [1.29, 1.82) is 0 Å². The smallest absolute Gasteiger partial charge is 0.229 e. The number of amides is 1. The molecule has 1 aromatic heterocycles. The van der Waals surface area contributed by atoms with E-state index in [1.807, 2.05) is 31.7 Å². The molecule has 11 nitrogen and oxygen atoms in total. The van der Waals surface area contributed by atoms with Crippen LogP contribution in [0.3, 0.4) is 0 Å². The fourth-order valence-corrected chi connectivity index (χ4v) is 6.09. The second kappa shape index (κ2) is 13.3. The normalized spacial score (nSPS) is 17.2. The molecule has 0 unspecified atom stereocenters. The minimum atomic E-state index is -3.77. The fraction of sp³-hybridized carbons (Fsp3) is 0.548. The number of nitrogens with one attached hydrogen (secondary N) is 2. The number of nitrogens with two attached hydrogens (primary N) is 1. The number of carbonyl (C=O) groups excluding carboxylic acids is 1. The van der Waals surface area contributed by atoms with Crippen LogP contribution in [0.2, 0.25) is 5.02 Å². The van der Waals surface area contributed by atoms with E-state index in [1.165, 1.54) is 25.0 Å². The van der Waals surface area contributed by atoms with Crippen molar-refractivity contribution >= 4 is 51.0 Å². The van der Waals surface area contributed by atoms with Gasteiger partial charge in [-0.05, 0) is 75.6 Å². The summed E-state index contributed by atoms with van der Waals surface area (Å²) in [7, 11) is -2.26. The van der Waals surface area contributed by atoms with Crippen LogP contribution >= 0.6 is 11.6 Å². The minimum absolute atomic E-state index is 0.0564. The summed E-state index contributed by atoms with van der Waals surface area (Å²) in [6.45, 7) is 12.5. The molecule has 2 heterocycles. The lowest BCUT2D eigenvalue weighted by atomic mass is 9.85. The molecule has 0 atom stereocenters. The largest absolute Gasteiger partial charge is 0.488 e. The lowest BCUT2D eigenvalue weighted by Crippen LogP contribution is -2.43. The van der Waals surface area contributed by atoms with Gasteiger partial charge in [0.05, 0.1) is 28.9 Å². The standard InChI is InChI=1S/C31H44ClN7O4S/c1-18(2)44(41,42)27(33)25(17-34-7)36-28-23(32)16-35-30(38-28)37-24-14-19(3)22(15-26(24)43-21-8-9-21)20-10-12-39(13-11-20)29(40)31(4,5)6/h14-18,20-21H,8-13,33H2,1-7H3,(H2,35,36,37,38). The number of rotatable bonds is 10. The molecule has 1 saturated heterocycles. The van der Waals surface area contributed by atoms with Crippen LogP contribution in [0.4, 0.5) is 17.5 Å². The van der Waals surface area contributed by atoms with Gasteiger partial charge in [-0.3, -0.25) is 9.79 Å². The van der Waals surface area contributed by atoms with Gasteiger partial charge in [-0.1, -0.05) is 32.4 Å². The van der Waals surface area contributed by atoms with Gasteiger partial charge >= 0.3 is 0 Å². The predicted molar refractivity (Wildman–Crippen MR) is 176 cm³/mol. The number of aromatic nitrogens is 2. The molecule has 13 heteroatoms. The van der Waals surface area contributed by atoms with Crippen molar-refractivity contribution in [2.24, 2.45) is 16.1 Å². The van der Waals surface area contributed by atoms with Gasteiger partial charge in [-0.15, -0.1) is 0 Å². The summed E-state index contributed by atoms with van der Waals surface area (Å²) in [4.78, 5) is 27.6. The number of allylic oxidation sites excluding steroid dienone is 1. The number of piperidine rings is 1. The first-order valence-electron chi connectivity index (χ1n) is 14.9. The van der Waals surface area contributed by atoms with Crippen LogP contribution < -0.4 is 21.1 Å². The van der Waals surface area contributed by atoms with Crippen LogP contribution in [0.1, 0.15) is 77.3 Å². The zero-order chi connectivity index (χ0) is 32.4. The number of hydrogen-bond acceptors (Lipinski definition) is 10. The van der Waals surface area contributed by atoms with Crippen LogP contribution in [0.25, 0.3) is 0 Å². The first-order valence-corrected chi connectivity index (χ1v) is 16.9. The first-order chi connectivity index (χ1) is 20.6. The number of benzene rings is 1. The average Bonchev–Trinajstić information content (AvgIpc) is 3.78. The highest BCUT2D eigenvalue weighted by Gasteiger charge is 2.32. The van der Waals surface area contributed by atoms with Crippen LogP contribution in [0.15, 0.2) is 34.0 Å². The first kappa shape index (κ1) is 33.5. The van der Waals surface area contributed by atoms with E-state index in [9.17, 15) is 13.2 Å². The van der Waals surface area contributed by atoms with E-state index in [-0.39, 0.29) is 44.9 Å². The van der Waals surface area contributed by atoms with Crippen molar-refractivity contribution in [3.63, 3.8) is 0 Å². The Morgan fingerprint density at radius 2 is 1.86 bits per heavy atom. The summed E-state index contributed by atoms with van der Waals surface area (Å²) in [6.07, 6.45) is 6.66. The molecule has 2 aliphatic rings. The number of aliphatic imine (C=N–C) groups is 1. The van der Waals surface area contributed by atoms with Crippen molar-refractivity contribution in [3.8, 4) is 5.75 Å². The number of nitrogens with zero attached hydrogens (tertiary/aromatic N) is 4. The van der Waals surface area contributed by atoms with E-state index >= 15 is 0 Å². The molecular formula is C31H44ClN7O4S. The molecule has 2 aromatic rings. The van der Waals surface area contributed by atoms with Crippen LogP contribution in [-0.4, -0.2) is 66.9 Å². The molecule has 1 aliphatic heterocycles. The Morgan fingerprint density at radius 1 is 1.20 bits per heavy atom. The number of hydrogen-bond donors (Lipinski definition) is 3. The molecule has 4 N–H and O–H groups in total. The lowest BCUT2D eigenvalue weighted by molar-refractivity contribution is -0.140. The van der Waals surface area contributed by atoms with E-state index in [2.05, 4.69) is 38.6 Å². The van der Waals surface area contributed by atoms with Crippen LogP contribution in [0, 0.1) is 12.3 Å². The van der Waals surface area contributed by atoms with Crippen molar-refractivity contribution in [2.75, 3.05) is 30.8 Å². The number of halogens is 1. The Bertz CT molecular complexity index is 1560. The topological polar surface area (TPSA) is 152 Å². The van der Waals surface area contributed by atoms with E-state index in [1.54, 1.807) is 13.8 Å². The number of carbonyl (C=O) groups is 1. The van der Waals surface area contributed by atoms with Gasteiger partial charge in [0.25, 0.3) is 0 Å². The molecule has 0 bridgehead atoms. The van der Waals surface area contributed by atoms with Crippen molar-refractivity contribution < 1.29 is 17.9 Å². The molecule has 1 amide bonds. The number of aryl methyl sites for hydroxylation is 1. The van der Waals surface area contributed by atoms with E-state index in [4.69, 9.17) is 22.1 Å². The molecule has 0 spiro atoms. The second-order valence-corrected chi connectivity index (χ2v) is 15.6. The highest BCUT2D eigenvalue weighted by Crippen LogP contribution is 2.40. The predicted octanol–water partition coefficient (Wildman–Crippen LogP) is 5.54. The van der Waals surface area contributed by atoms with Gasteiger partial charge in [0.15, 0.2) is 20.7 Å². The fourth-order valence-electron chi connectivity index (χ4n) is 5.03. The summed E-state index contributed by atoms with van der Waals surface area (Å²) >= 11 is 6.40. The number of likely N-dealkylation sites (tertiary alicyclic amines) is 1. The Balaban J connectivity index is 1.60. The Morgan fingerprint density at radius 3 is 2.43 bits per heavy atom. The third kappa shape index (κ3) is 7.82. The lowest BCUT2D eigenvalue weighted by Gasteiger charge is -2.36. The molecule has 240 valence electrons. The molecule has 44 heavy (non-hydrogen) atoms. The number of sulfone groups is 1. The summed E-state index contributed by atoms with van der Waals surface area (Å²) in [5.41, 5.74) is 8.73. The van der Waals surface area contributed by atoms with Gasteiger partial charge in [-0.2, -0.15) is 4.98 Å². The van der Waals surface area contributed by atoms with Gasteiger partial charge in [0.2, 0.25) is 11.9 Å². The molecule has 1 saturated carbocycles. The van der Waals surface area contributed by atoms with E-state index in [0.717, 1.165) is 44.3 Å². The second-order valence-electron chi connectivity index (χ2n) is 12.7. The molecule has 0 radical (unpaired) electrons. The number of anilines is 3. The highest BCUT2D eigenvalue weighted by molar-refractivity contribution is 7.95. The third-order valence-electron chi connectivity index (χ3n) is 7.74. The van der Waals surface area contributed by atoms with Crippen molar-refractivity contribution in [2.45, 2.75) is 84.5 Å². The van der Waals surface area contributed by atoms with Crippen LogP contribution in [-0.2, 0) is 14.6 Å². The molecular weight excluding hydrogens is 602 g/mol. The maximum absolute atomic E-state index is 12.8. The maximum Gasteiger partial charge on any atom is 0.229 e. The minimum Gasteiger partial charge on any atom is -0.488 e. The molecule has 2 fully saturated rings. The Kier molecular flexibility index (Phi) is 10.1. The van der Waals surface area contributed by atoms with Gasteiger partial charge < -0.3 is 26.0 Å². The summed E-state index contributed by atoms with van der Waals surface area (Å²) in [5, 5.41) is 5.27. The number of ether oxygens (including phenoxy) is 1. The van der Waals surface area contributed by atoms with Gasteiger partial charge in [0.1, 0.15) is 10.8 Å². The zero-order valence-corrected chi connectivity index (χ0v) is 28.1. The van der Waals surface area contributed by atoms with E-state index in [0.29, 0.717) is 17.4 Å². The molecule has 4 rings (SSSR count). The Labute approximate surface area is 265 Å². The third-order valence-corrected chi connectivity index (χ3v) is 10.1. The van der Waals surface area contributed by atoms with Gasteiger partial charge in [-0.25, -0.2) is 13.4 Å². The Hall–Kier alpha value is -3.38. The monoisotopic (exact) mass is 645 g/mol. The zero-order valence-electron chi connectivity index (χ0n) is 26.6. The average molecular weight is 646 g/mol. The van der Waals surface area contributed by atoms with Gasteiger partial charge in [0, 0.05) is 31.8 Å². The highest BCUT2D eigenvalue weighted by atomic mass is 35.5. The SMILES string of the molecule is CN=CC(Nc1nc(Nc2cc(C)c(C3CCN(C(=O)C(C)(C)C)CC3)cc2OC2CC2)ncc1Cl)=C(N)S(=O)(=O)C(C)C. The van der Waals surface area contributed by atoms with Crippen LogP contribution in [0.5, 0.6) is 5.75 Å². The van der Waals surface area contributed by atoms with E-state index < -0.39 is 15.1 Å². The summed E-state index contributed by atoms with van der Waals surface area (Å²) in [5.74, 6) is 1.61. The maximum atomic E-state index is 12.8.